The third kappa shape index (κ3) is 17.0. The van der Waals surface area contributed by atoms with Gasteiger partial charge in [0.25, 0.3) is 0 Å². The molecule has 0 aromatic carbocycles. The van der Waals surface area contributed by atoms with Gasteiger partial charge >= 0.3 is 0 Å². The number of allylic oxidation sites excluding steroid dienone is 5. The fraction of sp³-hybridized carbons (Fsp3) is 0.650. The zero-order valence-electron chi connectivity index (χ0n) is 13.7. The second kappa shape index (κ2) is 18.0. The van der Waals surface area contributed by atoms with Gasteiger partial charge in [-0.15, -0.1) is 5.73 Å². The number of hydrogen-bond acceptors (Lipinski definition) is 0. The molecule has 0 aliphatic rings. The van der Waals surface area contributed by atoms with Crippen LogP contribution in [0.1, 0.15) is 84.5 Å². The van der Waals surface area contributed by atoms with Crippen molar-refractivity contribution in [1.82, 2.24) is 0 Å². The Kier molecular flexibility index (Phi) is 17.1. The van der Waals surface area contributed by atoms with Crippen molar-refractivity contribution in [3.05, 3.63) is 42.2 Å². The van der Waals surface area contributed by atoms with Crippen LogP contribution in [-0.4, -0.2) is 0 Å². The summed E-state index contributed by atoms with van der Waals surface area (Å²) in [4.78, 5) is 0. The van der Waals surface area contributed by atoms with E-state index in [4.69, 9.17) is 0 Å². The Morgan fingerprint density at radius 2 is 1.45 bits per heavy atom. The molecule has 0 saturated heterocycles. The van der Waals surface area contributed by atoms with Crippen LogP contribution in [0.25, 0.3) is 0 Å². The molecule has 0 heterocycles. The summed E-state index contributed by atoms with van der Waals surface area (Å²) < 4.78 is 0. The summed E-state index contributed by atoms with van der Waals surface area (Å²) >= 11 is 0. The fourth-order valence-corrected chi connectivity index (χ4v) is 2.08. The largest absolute Gasteiger partial charge is 0.125 e. The standard InChI is InChI=1S/C20H34/c1-3-5-7-9-11-13-15-17-19-20-18-16-14-12-10-8-6-4-2/h5,7,11,15,17,19H,3-4,6,8-10,12,14,16,18,20H2,1-2H3/b7-5+,19-17+. The molecule has 0 rings (SSSR count). The summed E-state index contributed by atoms with van der Waals surface area (Å²) in [6.07, 6.45) is 27.4. The van der Waals surface area contributed by atoms with E-state index >= 15 is 0 Å². The lowest BCUT2D eigenvalue weighted by molar-refractivity contribution is 0.577. The molecule has 0 aromatic rings. The van der Waals surface area contributed by atoms with Crippen molar-refractivity contribution in [3.63, 3.8) is 0 Å². The molecular formula is C20H34. The van der Waals surface area contributed by atoms with Gasteiger partial charge in [-0.25, -0.2) is 0 Å². The Hall–Kier alpha value is -1.00. The van der Waals surface area contributed by atoms with Crippen LogP contribution >= 0.6 is 0 Å². The van der Waals surface area contributed by atoms with E-state index in [9.17, 15) is 0 Å². The molecule has 0 N–H and O–H groups in total. The first-order valence-corrected chi connectivity index (χ1v) is 8.62. The summed E-state index contributed by atoms with van der Waals surface area (Å²) in [5.41, 5.74) is 3.19. The molecule has 20 heavy (non-hydrogen) atoms. The van der Waals surface area contributed by atoms with Crippen molar-refractivity contribution in [1.29, 1.82) is 0 Å². The Morgan fingerprint density at radius 3 is 2.15 bits per heavy atom. The van der Waals surface area contributed by atoms with Crippen LogP contribution in [0.5, 0.6) is 0 Å². The van der Waals surface area contributed by atoms with Crippen LogP contribution in [0.2, 0.25) is 0 Å². The van der Waals surface area contributed by atoms with Crippen molar-refractivity contribution >= 4 is 0 Å². The molecule has 0 aromatic heterocycles. The number of rotatable bonds is 13. The third-order valence-electron chi connectivity index (χ3n) is 3.33. The lowest BCUT2D eigenvalue weighted by Gasteiger charge is -1.99. The first-order valence-electron chi connectivity index (χ1n) is 8.62. The summed E-state index contributed by atoms with van der Waals surface area (Å²) in [5, 5.41) is 0. The zero-order chi connectivity index (χ0) is 14.7. The lowest BCUT2D eigenvalue weighted by atomic mass is 10.1. The van der Waals surface area contributed by atoms with Crippen molar-refractivity contribution in [2.24, 2.45) is 0 Å². The molecule has 0 amide bonds. The minimum Gasteiger partial charge on any atom is -0.125 e. The summed E-state index contributed by atoms with van der Waals surface area (Å²) in [5.74, 6) is 0. The molecule has 0 aliphatic carbocycles. The van der Waals surface area contributed by atoms with Gasteiger partial charge in [-0.2, -0.15) is 0 Å². The smallest absolute Gasteiger partial charge is 0.00929 e. The molecule has 0 aliphatic heterocycles. The predicted molar refractivity (Wildman–Crippen MR) is 93.1 cm³/mol. The second-order valence-electron chi connectivity index (χ2n) is 5.34. The highest BCUT2D eigenvalue weighted by Gasteiger charge is 1.89. The minimum atomic E-state index is 0.996. The van der Waals surface area contributed by atoms with Crippen LogP contribution in [0.4, 0.5) is 0 Å². The average molecular weight is 274 g/mol. The normalized spacial score (nSPS) is 11.1. The molecule has 0 atom stereocenters. The highest BCUT2D eigenvalue weighted by Crippen LogP contribution is 2.09. The molecule has 114 valence electrons. The van der Waals surface area contributed by atoms with Crippen LogP contribution in [0.3, 0.4) is 0 Å². The Balaban J connectivity index is 3.31. The number of unbranched alkanes of at least 4 members (excludes halogenated alkanes) is 8. The molecule has 0 unspecified atom stereocenters. The van der Waals surface area contributed by atoms with Gasteiger partial charge in [0.15, 0.2) is 0 Å². The van der Waals surface area contributed by atoms with Crippen molar-refractivity contribution in [2.75, 3.05) is 0 Å². The van der Waals surface area contributed by atoms with Crippen LogP contribution < -0.4 is 0 Å². The van der Waals surface area contributed by atoms with Crippen LogP contribution in [-0.2, 0) is 0 Å². The third-order valence-corrected chi connectivity index (χ3v) is 3.33. The monoisotopic (exact) mass is 274 g/mol. The molecular weight excluding hydrogens is 240 g/mol. The maximum absolute atomic E-state index is 3.19. The Bertz CT molecular complexity index is 287. The first kappa shape index (κ1) is 19.0. The van der Waals surface area contributed by atoms with Gasteiger partial charge in [-0.3, -0.25) is 0 Å². The number of hydrogen-bond donors (Lipinski definition) is 0. The SMILES string of the molecule is CC/C=C/CC=C=C/C=C/CCCCCCCCCC. The summed E-state index contributed by atoms with van der Waals surface area (Å²) in [7, 11) is 0. The quantitative estimate of drug-likeness (QED) is 0.145. The molecule has 0 nitrogen and oxygen atoms in total. The topological polar surface area (TPSA) is 0 Å². The molecule has 0 fully saturated rings. The first-order chi connectivity index (χ1) is 9.91. The van der Waals surface area contributed by atoms with Crippen LogP contribution in [0, 0.1) is 0 Å². The van der Waals surface area contributed by atoms with Crippen molar-refractivity contribution in [2.45, 2.75) is 84.5 Å². The maximum atomic E-state index is 3.19. The highest BCUT2D eigenvalue weighted by molar-refractivity contribution is 5.03. The second-order valence-corrected chi connectivity index (χ2v) is 5.34. The molecule has 0 spiro atoms. The van der Waals surface area contributed by atoms with E-state index in [-0.39, 0.29) is 0 Å². The van der Waals surface area contributed by atoms with Gasteiger partial charge in [-0.1, -0.05) is 83.1 Å². The van der Waals surface area contributed by atoms with Crippen molar-refractivity contribution < 1.29 is 0 Å². The minimum absolute atomic E-state index is 0.996. The lowest BCUT2D eigenvalue weighted by Crippen LogP contribution is -1.79. The van der Waals surface area contributed by atoms with E-state index in [0.717, 1.165) is 12.8 Å². The van der Waals surface area contributed by atoms with Gasteiger partial charge < -0.3 is 0 Å². The fourth-order valence-electron chi connectivity index (χ4n) is 2.08. The van der Waals surface area contributed by atoms with Gasteiger partial charge in [0.1, 0.15) is 0 Å². The molecule has 0 radical (unpaired) electrons. The van der Waals surface area contributed by atoms with E-state index in [2.05, 4.69) is 50.0 Å². The summed E-state index contributed by atoms with van der Waals surface area (Å²) in [6.45, 7) is 4.43. The van der Waals surface area contributed by atoms with E-state index < -0.39 is 0 Å². The molecule has 0 saturated carbocycles. The highest BCUT2D eigenvalue weighted by atomic mass is 14.0. The van der Waals surface area contributed by atoms with Gasteiger partial charge in [0.2, 0.25) is 0 Å². The van der Waals surface area contributed by atoms with Gasteiger partial charge in [0.05, 0.1) is 0 Å². The van der Waals surface area contributed by atoms with Gasteiger partial charge in [-0.05, 0) is 37.8 Å². The maximum Gasteiger partial charge on any atom is -0.00929 e. The van der Waals surface area contributed by atoms with Gasteiger partial charge in [0, 0.05) is 0 Å². The Labute approximate surface area is 127 Å². The molecule has 0 heteroatoms. The van der Waals surface area contributed by atoms with E-state index in [1.165, 1.54) is 57.8 Å². The van der Waals surface area contributed by atoms with E-state index in [0.29, 0.717) is 0 Å². The summed E-state index contributed by atoms with van der Waals surface area (Å²) in [6, 6.07) is 0. The average Bonchev–Trinajstić information content (AvgIpc) is 2.47. The predicted octanol–water partition coefficient (Wildman–Crippen LogP) is 7.14. The van der Waals surface area contributed by atoms with E-state index in [1.54, 1.807) is 0 Å². The van der Waals surface area contributed by atoms with E-state index in [1.807, 2.05) is 6.08 Å². The zero-order valence-corrected chi connectivity index (χ0v) is 13.7. The van der Waals surface area contributed by atoms with Crippen molar-refractivity contribution in [3.8, 4) is 0 Å². The van der Waals surface area contributed by atoms with Crippen LogP contribution in [0.15, 0.2) is 42.2 Å². The Morgan fingerprint density at radius 1 is 0.750 bits per heavy atom. The molecule has 0 bridgehead atoms.